The summed E-state index contributed by atoms with van der Waals surface area (Å²) in [6, 6.07) is 13.4. The van der Waals surface area contributed by atoms with Gasteiger partial charge < -0.3 is 5.11 Å². The quantitative estimate of drug-likeness (QED) is 0.834. The van der Waals surface area contributed by atoms with Gasteiger partial charge in [-0.25, -0.2) is 0 Å². The second-order valence-corrected chi connectivity index (χ2v) is 4.90. The number of benzene rings is 2. The first-order valence-corrected chi connectivity index (χ1v) is 6.60. The van der Waals surface area contributed by atoms with E-state index in [9.17, 15) is 5.11 Å². The molecule has 2 nitrogen and oxygen atoms in total. The van der Waals surface area contributed by atoms with Crippen molar-refractivity contribution in [2.24, 2.45) is 4.99 Å². The molecular weight excluding hydrogens is 290 g/mol. The number of phenols is 1. The smallest absolute Gasteiger partial charge is 0.141 e. The third-order valence-electron chi connectivity index (χ3n) is 2.67. The minimum Gasteiger partial charge on any atom is -0.506 e. The van der Waals surface area contributed by atoms with Crippen molar-refractivity contribution >= 4 is 27.8 Å². The lowest BCUT2D eigenvalue weighted by Gasteiger charge is -2.02. The number of nitrogens with zero attached hydrogens (tertiary/aromatic N) is 1. The average Bonchev–Trinajstić information content (AvgIpc) is 2.40. The Morgan fingerprint density at radius 2 is 1.89 bits per heavy atom. The second-order valence-electron chi connectivity index (χ2n) is 3.99. The maximum atomic E-state index is 9.73. The van der Waals surface area contributed by atoms with E-state index < -0.39 is 0 Å². The lowest BCUT2D eigenvalue weighted by atomic mass is 10.1. The fourth-order valence-electron chi connectivity index (χ4n) is 1.59. The number of halogens is 1. The van der Waals surface area contributed by atoms with Gasteiger partial charge in [0.1, 0.15) is 11.4 Å². The fraction of sp³-hybridized carbons (Fsp3) is 0.133. The molecule has 0 fully saturated rings. The second kappa shape index (κ2) is 5.83. The molecule has 3 heteroatoms. The van der Waals surface area contributed by atoms with Crippen LogP contribution in [-0.4, -0.2) is 11.3 Å². The first kappa shape index (κ1) is 12.8. The maximum Gasteiger partial charge on any atom is 0.141 e. The van der Waals surface area contributed by atoms with Crippen LogP contribution >= 0.6 is 15.9 Å². The molecule has 2 rings (SSSR count). The van der Waals surface area contributed by atoms with Crippen molar-refractivity contribution in [3.8, 4) is 5.75 Å². The molecule has 1 N–H and O–H groups in total. The van der Waals surface area contributed by atoms with Crippen molar-refractivity contribution in [3.63, 3.8) is 0 Å². The number of rotatable bonds is 3. The third-order valence-corrected chi connectivity index (χ3v) is 3.20. The van der Waals surface area contributed by atoms with Crippen molar-refractivity contribution in [1.82, 2.24) is 0 Å². The number of phenolic OH excluding ortho intramolecular Hbond substituents is 1. The van der Waals surface area contributed by atoms with Gasteiger partial charge in [0, 0.05) is 10.7 Å². The Hall–Kier alpha value is -1.61. The highest BCUT2D eigenvalue weighted by Crippen LogP contribution is 2.27. The first-order valence-electron chi connectivity index (χ1n) is 5.80. The minimum absolute atomic E-state index is 0.209. The lowest BCUT2D eigenvalue weighted by molar-refractivity contribution is 0.476. The van der Waals surface area contributed by atoms with Crippen LogP contribution in [0.25, 0.3) is 0 Å². The van der Waals surface area contributed by atoms with E-state index >= 15 is 0 Å². The summed E-state index contributed by atoms with van der Waals surface area (Å²) in [5.41, 5.74) is 2.77. The van der Waals surface area contributed by atoms with Gasteiger partial charge in [-0.05, 0) is 41.8 Å². The summed E-state index contributed by atoms with van der Waals surface area (Å²) in [4.78, 5) is 4.32. The predicted molar refractivity (Wildman–Crippen MR) is 78.9 cm³/mol. The molecule has 92 valence electrons. The molecule has 2 aromatic rings. The zero-order chi connectivity index (χ0) is 13.0. The van der Waals surface area contributed by atoms with Crippen LogP contribution in [0.4, 0.5) is 5.69 Å². The molecule has 0 unspecified atom stereocenters. The Morgan fingerprint density at radius 1 is 1.17 bits per heavy atom. The fourth-order valence-corrected chi connectivity index (χ4v) is 1.85. The van der Waals surface area contributed by atoms with Crippen LogP contribution in [-0.2, 0) is 6.42 Å². The van der Waals surface area contributed by atoms with Crippen LogP contribution in [0.5, 0.6) is 5.75 Å². The summed E-state index contributed by atoms with van der Waals surface area (Å²) in [6.45, 7) is 2.08. The molecule has 0 radical (unpaired) electrons. The van der Waals surface area contributed by atoms with E-state index in [0.29, 0.717) is 5.69 Å². The van der Waals surface area contributed by atoms with E-state index in [2.05, 4.69) is 27.8 Å². The van der Waals surface area contributed by atoms with Crippen molar-refractivity contribution < 1.29 is 5.11 Å². The van der Waals surface area contributed by atoms with Crippen LogP contribution < -0.4 is 0 Å². The molecule has 0 aliphatic rings. The van der Waals surface area contributed by atoms with E-state index in [1.165, 1.54) is 0 Å². The first-order chi connectivity index (χ1) is 8.69. The van der Waals surface area contributed by atoms with Gasteiger partial charge in [-0.3, -0.25) is 4.99 Å². The normalized spacial score (nSPS) is 11.0. The van der Waals surface area contributed by atoms with Gasteiger partial charge >= 0.3 is 0 Å². The van der Waals surface area contributed by atoms with Crippen molar-refractivity contribution in [2.45, 2.75) is 13.3 Å². The molecule has 0 aliphatic carbocycles. The number of aliphatic imine (C=N–C) groups is 1. The Kier molecular flexibility index (Phi) is 4.15. The summed E-state index contributed by atoms with van der Waals surface area (Å²) < 4.78 is 1.04. The van der Waals surface area contributed by atoms with Crippen molar-refractivity contribution in [1.29, 1.82) is 0 Å². The molecule has 0 atom stereocenters. The zero-order valence-corrected chi connectivity index (χ0v) is 11.7. The molecule has 0 amide bonds. The summed E-state index contributed by atoms with van der Waals surface area (Å²) >= 11 is 3.39. The Bertz CT molecular complexity index is 561. The molecule has 18 heavy (non-hydrogen) atoms. The molecule has 2 aromatic carbocycles. The SMILES string of the molecule is CCc1ccc(O)c(N=Cc2ccc(Br)cc2)c1. The molecule has 0 heterocycles. The monoisotopic (exact) mass is 303 g/mol. The standard InChI is InChI=1S/C15H14BrNO/c1-2-11-5-8-15(18)14(9-11)17-10-12-3-6-13(16)7-4-12/h3-10,18H,2H2,1H3. The highest BCUT2D eigenvalue weighted by atomic mass is 79.9. The predicted octanol–water partition coefficient (Wildman–Crippen LogP) is 4.47. The molecular formula is C15H14BrNO. The molecule has 0 aliphatic heterocycles. The van der Waals surface area contributed by atoms with Gasteiger partial charge in [0.05, 0.1) is 0 Å². The average molecular weight is 304 g/mol. The van der Waals surface area contributed by atoms with E-state index in [1.54, 1.807) is 12.3 Å². The Labute approximate surface area is 115 Å². The number of hydrogen-bond donors (Lipinski definition) is 1. The van der Waals surface area contributed by atoms with Gasteiger partial charge in [-0.2, -0.15) is 0 Å². The highest BCUT2D eigenvalue weighted by Gasteiger charge is 1.99. The van der Waals surface area contributed by atoms with Crippen LogP contribution in [0.3, 0.4) is 0 Å². The highest BCUT2D eigenvalue weighted by molar-refractivity contribution is 9.10. The Morgan fingerprint density at radius 3 is 2.56 bits per heavy atom. The van der Waals surface area contributed by atoms with E-state index in [1.807, 2.05) is 36.4 Å². The third kappa shape index (κ3) is 3.20. The van der Waals surface area contributed by atoms with Gasteiger partial charge in [0.25, 0.3) is 0 Å². The molecule has 0 aromatic heterocycles. The number of aromatic hydroxyl groups is 1. The minimum atomic E-state index is 0.209. The maximum absolute atomic E-state index is 9.73. The Balaban J connectivity index is 2.25. The van der Waals surface area contributed by atoms with Gasteiger partial charge in [-0.15, -0.1) is 0 Å². The van der Waals surface area contributed by atoms with E-state index in [-0.39, 0.29) is 5.75 Å². The topological polar surface area (TPSA) is 32.6 Å². The van der Waals surface area contributed by atoms with Gasteiger partial charge in [0.15, 0.2) is 0 Å². The summed E-state index contributed by atoms with van der Waals surface area (Å²) in [6.07, 6.45) is 2.68. The molecule has 0 spiro atoms. The molecule has 0 saturated carbocycles. The summed E-state index contributed by atoms with van der Waals surface area (Å²) in [7, 11) is 0. The lowest BCUT2D eigenvalue weighted by Crippen LogP contribution is -1.82. The van der Waals surface area contributed by atoms with Gasteiger partial charge in [0.2, 0.25) is 0 Å². The van der Waals surface area contributed by atoms with Crippen molar-refractivity contribution in [2.75, 3.05) is 0 Å². The van der Waals surface area contributed by atoms with Crippen molar-refractivity contribution in [3.05, 3.63) is 58.1 Å². The molecule has 0 bridgehead atoms. The van der Waals surface area contributed by atoms with Crippen LogP contribution in [0.2, 0.25) is 0 Å². The summed E-state index contributed by atoms with van der Waals surface area (Å²) in [5.74, 6) is 0.209. The van der Waals surface area contributed by atoms with Crippen LogP contribution in [0.15, 0.2) is 51.9 Å². The summed E-state index contributed by atoms with van der Waals surface area (Å²) in [5, 5.41) is 9.73. The molecule has 0 saturated heterocycles. The van der Waals surface area contributed by atoms with E-state index in [4.69, 9.17) is 0 Å². The van der Waals surface area contributed by atoms with Gasteiger partial charge in [-0.1, -0.05) is 41.1 Å². The van der Waals surface area contributed by atoms with E-state index in [0.717, 1.165) is 22.0 Å². The van der Waals surface area contributed by atoms with Crippen LogP contribution in [0, 0.1) is 0 Å². The largest absolute Gasteiger partial charge is 0.506 e. The zero-order valence-electron chi connectivity index (χ0n) is 10.1. The van der Waals surface area contributed by atoms with Crippen LogP contribution in [0.1, 0.15) is 18.1 Å². The number of aryl methyl sites for hydroxylation is 1. The number of hydrogen-bond acceptors (Lipinski definition) is 2.